The van der Waals surface area contributed by atoms with Crippen LogP contribution in [-0.2, 0) is 14.4 Å². The van der Waals surface area contributed by atoms with Crippen molar-refractivity contribution >= 4 is 23.4 Å². The first-order valence-corrected chi connectivity index (χ1v) is 10.3. The van der Waals surface area contributed by atoms with Crippen LogP contribution >= 0.6 is 0 Å². The minimum Gasteiger partial charge on any atom is -0.352 e. The SMILES string of the molecule is CC(=O)N[C@@H]1C[C@@H](C(=O)N(C)C)N(CC(=O)Nc2c(C)n[nH]c2C)[C@H]1c1ccccc1. The van der Waals surface area contributed by atoms with Crippen molar-refractivity contribution in [1.82, 2.24) is 25.3 Å². The number of aromatic amines is 1. The van der Waals surface area contributed by atoms with Crippen LogP contribution in [0, 0.1) is 13.8 Å². The summed E-state index contributed by atoms with van der Waals surface area (Å²) in [5.74, 6) is -0.510. The molecule has 3 atom stereocenters. The van der Waals surface area contributed by atoms with Crippen molar-refractivity contribution in [1.29, 1.82) is 0 Å². The van der Waals surface area contributed by atoms with Gasteiger partial charge in [0.05, 0.1) is 41.7 Å². The molecule has 0 unspecified atom stereocenters. The molecule has 1 aliphatic heterocycles. The number of benzene rings is 1. The molecule has 31 heavy (non-hydrogen) atoms. The maximum Gasteiger partial charge on any atom is 0.239 e. The third-order valence-electron chi connectivity index (χ3n) is 5.59. The number of H-pyrrole nitrogens is 1. The van der Waals surface area contributed by atoms with Crippen LogP contribution in [0.3, 0.4) is 0 Å². The van der Waals surface area contributed by atoms with Crippen LogP contribution in [0.25, 0.3) is 0 Å². The topological polar surface area (TPSA) is 110 Å². The summed E-state index contributed by atoms with van der Waals surface area (Å²) in [5, 5.41) is 12.9. The zero-order chi connectivity index (χ0) is 22.7. The van der Waals surface area contributed by atoms with E-state index in [9.17, 15) is 14.4 Å². The Bertz CT molecular complexity index is 936. The Balaban J connectivity index is 1.94. The van der Waals surface area contributed by atoms with Crippen LogP contribution in [0.15, 0.2) is 30.3 Å². The minimum absolute atomic E-state index is 0.00392. The Morgan fingerprint density at radius 1 is 1.19 bits per heavy atom. The van der Waals surface area contributed by atoms with Crippen molar-refractivity contribution < 1.29 is 14.4 Å². The summed E-state index contributed by atoms with van der Waals surface area (Å²) in [5.41, 5.74) is 3.06. The summed E-state index contributed by atoms with van der Waals surface area (Å²) in [4.78, 5) is 41.3. The molecular formula is C22H30N6O3. The zero-order valence-corrected chi connectivity index (χ0v) is 18.6. The number of hydrogen-bond acceptors (Lipinski definition) is 5. The van der Waals surface area contributed by atoms with E-state index >= 15 is 0 Å². The summed E-state index contributed by atoms with van der Waals surface area (Å²) >= 11 is 0. The van der Waals surface area contributed by atoms with Gasteiger partial charge in [0.15, 0.2) is 0 Å². The predicted molar refractivity (Wildman–Crippen MR) is 117 cm³/mol. The zero-order valence-electron chi connectivity index (χ0n) is 18.6. The molecule has 166 valence electrons. The van der Waals surface area contributed by atoms with Crippen molar-refractivity contribution in [2.24, 2.45) is 0 Å². The molecule has 3 amide bonds. The average molecular weight is 427 g/mol. The summed E-state index contributed by atoms with van der Waals surface area (Å²) in [7, 11) is 3.39. The van der Waals surface area contributed by atoms with Crippen LogP contribution in [-0.4, -0.2) is 70.4 Å². The predicted octanol–water partition coefficient (Wildman–Crippen LogP) is 1.37. The van der Waals surface area contributed by atoms with Gasteiger partial charge in [-0.15, -0.1) is 0 Å². The molecule has 0 spiro atoms. The van der Waals surface area contributed by atoms with E-state index in [1.54, 1.807) is 14.1 Å². The molecule has 9 heteroatoms. The Morgan fingerprint density at radius 2 is 1.87 bits per heavy atom. The lowest BCUT2D eigenvalue weighted by atomic mass is 9.99. The second-order valence-electron chi connectivity index (χ2n) is 8.18. The lowest BCUT2D eigenvalue weighted by Crippen LogP contribution is -2.46. The Kier molecular flexibility index (Phi) is 6.74. The molecule has 1 aliphatic rings. The fourth-order valence-electron chi connectivity index (χ4n) is 4.23. The molecule has 0 saturated carbocycles. The third kappa shape index (κ3) is 4.93. The van der Waals surface area contributed by atoms with E-state index in [1.165, 1.54) is 11.8 Å². The van der Waals surface area contributed by atoms with E-state index in [1.807, 2.05) is 49.1 Å². The maximum absolute atomic E-state index is 13.0. The smallest absolute Gasteiger partial charge is 0.239 e. The van der Waals surface area contributed by atoms with Gasteiger partial charge >= 0.3 is 0 Å². The highest BCUT2D eigenvalue weighted by Gasteiger charge is 2.46. The Morgan fingerprint density at radius 3 is 2.42 bits per heavy atom. The van der Waals surface area contributed by atoms with Crippen molar-refractivity contribution in [2.75, 3.05) is 26.0 Å². The molecule has 0 radical (unpaired) electrons. The van der Waals surface area contributed by atoms with Crippen molar-refractivity contribution in [3.05, 3.63) is 47.3 Å². The lowest BCUT2D eigenvalue weighted by molar-refractivity contribution is -0.134. The number of likely N-dealkylation sites (N-methyl/N-ethyl adjacent to an activating group) is 1. The molecule has 2 aromatic rings. The molecule has 2 heterocycles. The standard InChI is InChI=1S/C22H30N6O3/c1-13-20(14(2)26-25-13)24-19(30)12-28-18(22(31)27(4)5)11-17(23-15(3)29)21(28)16-9-7-6-8-10-16/h6-10,17-18,21H,11-12H2,1-5H3,(H,23,29)(H,24,30)(H,25,26)/t17-,18+,21+/m1/s1. The number of aromatic nitrogens is 2. The van der Waals surface area contributed by atoms with Gasteiger partial charge in [-0.2, -0.15) is 5.10 Å². The quantitative estimate of drug-likeness (QED) is 0.646. The van der Waals surface area contributed by atoms with Gasteiger partial charge < -0.3 is 15.5 Å². The monoisotopic (exact) mass is 426 g/mol. The molecule has 3 N–H and O–H groups in total. The van der Waals surface area contributed by atoms with Gasteiger partial charge in [-0.25, -0.2) is 0 Å². The number of nitrogens with one attached hydrogen (secondary N) is 3. The fraction of sp³-hybridized carbons (Fsp3) is 0.455. The van der Waals surface area contributed by atoms with Gasteiger partial charge in [0.2, 0.25) is 17.7 Å². The number of carbonyl (C=O) groups excluding carboxylic acids is 3. The molecule has 0 bridgehead atoms. The summed E-state index contributed by atoms with van der Waals surface area (Å²) in [6, 6.07) is 8.52. The van der Waals surface area contributed by atoms with Crippen LogP contribution in [0.4, 0.5) is 5.69 Å². The van der Waals surface area contributed by atoms with E-state index in [4.69, 9.17) is 0 Å². The van der Waals surface area contributed by atoms with Crippen molar-refractivity contribution in [2.45, 2.75) is 45.3 Å². The van der Waals surface area contributed by atoms with Crippen molar-refractivity contribution in [3.8, 4) is 0 Å². The normalized spacial score (nSPS) is 21.0. The molecule has 3 rings (SSSR count). The number of anilines is 1. The summed E-state index contributed by atoms with van der Waals surface area (Å²) < 4.78 is 0. The number of nitrogens with zero attached hydrogens (tertiary/aromatic N) is 3. The van der Waals surface area contributed by atoms with E-state index < -0.39 is 6.04 Å². The Hall–Kier alpha value is -3.20. The highest BCUT2D eigenvalue weighted by Crippen LogP contribution is 2.37. The first kappa shape index (κ1) is 22.5. The molecular weight excluding hydrogens is 396 g/mol. The highest BCUT2D eigenvalue weighted by atomic mass is 16.2. The number of carbonyl (C=O) groups is 3. The molecule has 1 aromatic heterocycles. The van der Waals surface area contributed by atoms with Crippen LogP contribution in [0.5, 0.6) is 0 Å². The highest BCUT2D eigenvalue weighted by molar-refractivity contribution is 5.94. The van der Waals surface area contributed by atoms with Gasteiger partial charge in [0.1, 0.15) is 0 Å². The molecule has 1 saturated heterocycles. The van der Waals surface area contributed by atoms with Gasteiger partial charge in [-0.05, 0) is 25.8 Å². The maximum atomic E-state index is 13.0. The molecule has 0 aliphatic carbocycles. The average Bonchev–Trinajstić information content (AvgIpc) is 3.21. The number of likely N-dealkylation sites (tertiary alicyclic amines) is 1. The largest absolute Gasteiger partial charge is 0.352 e. The molecule has 1 aromatic carbocycles. The van der Waals surface area contributed by atoms with Gasteiger partial charge in [-0.3, -0.25) is 24.4 Å². The summed E-state index contributed by atoms with van der Waals surface area (Å²) in [6.07, 6.45) is 0.424. The van der Waals surface area contributed by atoms with Crippen LogP contribution in [0.2, 0.25) is 0 Å². The lowest BCUT2D eigenvalue weighted by Gasteiger charge is -2.31. The third-order valence-corrected chi connectivity index (χ3v) is 5.59. The minimum atomic E-state index is -0.533. The molecule has 1 fully saturated rings. The van der Waals surface area contributed by atoms with Gasteiger partial charge in [0.25, 0.3) is 0 Å². The second-order valence-corrected chi connectivity index (χ2v) is 8.18. The van der Waals surface area contributed by atoms with E-state index in [2.05, 4.69) is 20.8 Å². The van der Waals surface area contributed by atoms with E-state index in [-0.39, 0.29) is 36.3 Å². The number of hydrogen-bond donors (Lipinski definition) is 3. The van der Waals surface area contributed by atoms with Gasteiger partial charge in [0, 0.05) is 21.0 Å². The van der Waals surface area contributed by atoms with Crippen LogP contribution < -0.4 is 10.6 Å². The summed E-state index contributed by atoms with van der Waals surface area (Å²) in [6.45, 7) is 5.12. The van der Waals surface area contributed by atoms with Crippen molar-refractivity contribution in [3.63, 3.8) is 0 Å². The number of rotatable bonds is 6. The second kappa shape index (κ2) is 9.30. The van der Waals surface area contributed by atoms with E-state index in [0.717, 1.165) is 11.3 Å². The number of aryl methyl sites for hydroxylation is 2. The Labute approximate surface area is 182 Å². The van der Waals surface area contributed by atoms with Gasteiger partial charge in [-0.1, -0.05) is 30.3 Å². The van der Waals surface area contributed by atoms with Crippen LogP contribution in [0.1, 0.15) is 36.3 Å². The fourth-order valence-corrected chi connectivity index (χ4v) is 4.23. The first-order chi connectivity index (χ1) is 14.7. The molecule has 9 nitrogen and oxygen atoms in total. The number of amides is 3. The first-order valence-electron chi connectivity index (χ1n) is 10.3. The van der Waals surface area contributed by atoms with E-state index in [0.29, 0.717) is 17.8 Å².